The molecule has 0 saturated carbocycles. The highest BCUT2D eigenvalue weighted by Gasteiger charge is 2.22. The molecule has 2 aromatic carbocycles. The van der Waals surface area contributed by atoms with Crippen LogP contribution in [0.5, 0.6) is 0 Å². The van der Waals surface area contributed by atoms with Crippen LogP contribution < -0.4 is 9.62 Å². The molecule has 0 radical (unpaired) electrons. The van der Waals surface area contributed by atoms with E-state index in [1.165, 1.54) is 24.6 Å². The van der Waals surface area contributed by atoms with Crippen LogP contribution in [0.25, 0.3) is 0 Å². The molecule has 0 spiro atoms. The Hall–Kier alpha value is -3.00. The van der Waals surface area contributed by atoms with Gasteiger partial charge in [-0.1, -0.05) is 18.2 Å². The molecular formula is C19H17FN4O2S. The van der Waals surface area contributed by atoms with Gasteiger partial charge in [-0.3, -0.25) is 4.72 Å². The number of para-hydroxylation sites is 1. The summed E-state index contributed by atoms with van der Waals surface area (Å²) < 4.78 is 40.7. The molecule has 0 aliphatic carbocycles. The number of benzene rings is 2. The highest BCUT2D eigenvalue weighted by atomic mass is 32.2. The number of rotatable bonds is 4. The van der Waals surface area contributed by atoms with Crippen LogP contribution in [0.2, 0.25) is 0 Å². The summed E-state index contributed by atoms with van der Waals surface area (Å²) in [6.07, 6.45) is 0.927. The number of hydrogen-bond donors (Lipinski definition) is 1. The van der Waals surface area contributed by atoms with Gasteiger partial charge in [-0.25, -0.2) is 12.8 Å². The van der Waals surface area contributed by atoms with Gasteiger partial charge in [-0.2, -0.15) is 0 Å². The van der Waals surface area contributed by atoms with Gasteiger partial charge in [-0.05, 0) is 60.9 Å². The fourth-order valence-electron chi connectivity index (χ4n) is 3.08. The van der Waals surface area contributed by atoms with Crippen LogP contribution in [0.3, 0.4) is 0 Å². The molecule has 2 heterocycles. The largest absolute Gasteiger partial charge is 0.324 e. The lowest BCUT2D eigenvalue weighted by molar-refractivity contribution is 0.598. The minimum absolute atomic E-state index is 0.0271. The van der Waals surface area contributed by atoms with E-state index in [9.17, 15) is 12.8 Å². The summed E-state index contributed by atoms with van der Waals surface area (Å²) in [6.45, 7) is 2.31. The van der Waals surface area contributed by atoms with Crippen molar-refractivity contribution in [2.45, 2.75) is 18.2 Å². The van der Waals surface area contributed by atoms with Crippen molar-refractivity contribution in [2.75, 3.05) is 16.2 Å². The Balaban J connectivity index is 1.55. The first-order valence-corrected chi connectivity index (χ1v) is 9.90. The predicted molar refractivity (Wildman–Crippen MR) is 101 cm³/mol. The molecule has 8 heteroatoms. The Labute approximate surface area is 156 Å². The lowest BCUT2D eigenvalue weighted by atomic mass is 10.2. The zero-order valence-corrected chi connectivity index (χ0v) is 15.4. The fourth-order valence-corrected chi connectivity index (χ4v) is 4.16. The molecule has 6 nitrogen and oxygen atoms in total. The number of sulfonamides is 1. The van der Waals surface area contributed by atoms with E-state index in [4.69, 9.17) is 0 Å². The molecule has 1 aliphatic heterocycles. The summed E-state index contributed by atoms with van der Waals surface area (Å²) in [7, 11) is -3.87. The molecule has 0 bridgehead atoms. The number of aromatic nitrogens is 2. The molecule has 0 amide bonds. The molecule has 3 aromatic rings. The molecule has 4 rings (SSSR count). The van der Waals surface area contributed by atoms with Crippen molar-refractivity contribution in [2.24, 2.45) is 0 Å². The van der Waals surface area contributed by atoms with Crippen molar-refractivity contribution >= 4 is 27.3 Å². The van der Waals surface area contributed by atoms with Crippen LogP contribution in [-0.2, 0) is 16.4 Å². The van der Waals surface area contributed by atoms with Gasteiger partial charge in [0.1, 0.15) is 5.82 Å². The minimum Gasteiger partial charge on any atom is -0.324 e. The Kier molecular flexibility index (Phi) is 4.27. The van der Waals surface area contributed by atoms with Gasteiger partial charge in [0.2, 0.25) is 0 Å². The van der Waals surface area contributed by atoms with Crippen molar-refractivity contribution in [3.8, 4) is 0 Å². The van der Waals surface area contributed by atoms with Crippen molar-refractivity contribution in [1.29, 1.82) is 0 Å². The third kappa shape index (κ3) is 3.35. The van der Waals surface area contributed by atoms with E-state index in [-0.39, 0.29) is 16.3 Å². The molecule has 1 aliphatic rings. The average Bonchev–Trinajstić information content (AvgIpc) is 3.08. The van der Waals surface area contributed by atoms with E-state index < -0.39 is 15.8 Å². The standard InChI is InChI=1S/C19H17FN4O2S/c1-13-12-15(6-7-16(13)20)27(25,26)23-18-8-9-19(22-21-18)24-11-10-14-4-2-3-5-17(14)24/h2-9,12H,10-11H2,1H3,(H,21,23). The number of nitrogens with one attached hydrogen (secondary N) is 1. The number of nitrogens with zero attached hydrogens (tertiary/aromatic N) is 3. The van der Waals surface area contributed by atoms with E-state index in [2.05, 4.69) is 21.0 Å². The first-order chi connectivity index (χ1) is 12.9. The number of hydrogen-bond acceptors (Lipinski definition) is 5. The first kappa shape index (κ1) is 17.4. The number of fused-ring (bicyclic) bond motifs is 1. The molecule has 1 aromatic heterocycles. The van der Waals surface area contributed by atoms with Gasteiger partial charge in [0.05, 0.1) is 4.90 Å². The Morgan fingerprint density at radius 3 is 2.63 bits per heavy atom. The molecule has 0 saturated heterocycles. The number of aryl methyl sites for hydroxylation is 1. The molecule has 1 N–H and O–H groups in total. The maximum Gasteiger partial charge on any atom is 0.263 e. The van der Waals surface area contributed by atoms with Crippen molar-refractivity contribution in [1.82, 2.24) is 10.2 Å². The van der Waals surface area contributed by atoms with E-state index in [0.29, 0.717) is 5.82 Å². The molecule has 0 fully saturated rings. The molecule has 0 atom stereocenters. The van der Waals surface area contributed by atoms with Crippen LogP contribution in [0.15, 0.2) is 59.5 Å². The zero-order chi connectivity index (χ0) is 19.0. The molecule has 138 valence electrons. The summed E-state index contributed by atoms with van der Waals surface area (Å²) in [5.41, 5.74) is 2.59. The summed E-state index contributed by atoms with van der Waals surface area (Å²) in [5, 5.41) is 8.15. The lowest BCUT2D eigenvalue weighted by Gasteiger charge is -2.17. The van der Waals surface area contributed by atoms with E-state index in [0.717, 1.165) is 24.7 Å². The second-order valence-corrected chi connectivity index (χ2v) is 8.01. The Bertz CT molecular complexity index is 1100. The summed E-state index contributed by atoms with van der Waals surface area (Å²) in [4.78, 5) is 2.02. The summed E-state index contributed by atoms with van der Waals surface area (Å²) in [6, 6.07) is 15.0. The van der Waals surface area contributed by atoms with Crippen LogP contribution in [-0.4, -0.2) is 25.2 Å². The lowest BCUT2D eigenvalue weighted by Crippen LogP contribution is -2.17. The van der Waals surface area contributed by atoms with Gasteiger partial charge in [0.15, 0.2) is 11.6 Å². The average molecular weight is 384 g/mol. The quantitative estimate of drug-likeness (QED) is 0.746. The van der Waals surface area contributed by atoms with Crippen LogP contribution in [0, 0.1) is 12.7 Å². The first-order valence-electron chi connectivity index (χ1n) is 8.42. The smallest absolute Gasteiger partial charge is 0.263 e. The van der Waals surface area contributed by atoms with Gasteiger partial charge in [0, 0.05) is 12.2 Å². The minimum atomic E-state index is -3.87. The van der Waals surface area contributed by atoms with Crippen molar-refractivity contribution in [3.05, 3.63) is 71.5 Å². The van der Waals surface area contributed by atoms with E-state index in [1.54, 1.807) is 12.1 Å². The SMILES string of the molecule is Cc1cc(S(=O)(=O)Nc2ccc(N3CCc4ccccc43)nn2)ccc1F. The fraction of sp³-hybridized carbons (Fsp3) is 0.158. The predicted octanol–water partition coefficient (Wildman–Crippen LogP) is 3.42. The molecule has 0 unspecified atom stereocenters. The summed E-state index contributed by atoms with van der Waals surface area (Å²) >= 11 is 0. The Morgan fingerprint density at radius 1 is 1.07 bits per heavy atom. The van der Waals surface area contributed by atoms with Crippen molar-refractivity contribution < 1.29 is 12.8 Å². The summed E-state index contributed by atoms with van der Waals surface area (Å²) in [5.74, 6) is 0.303. The molecule has 27 heavy (non-hydrogen) atoms. The number of anilines is 3. The van der Waals surface area contributed by atoms with Gasteiger partial charge in [-0.15, -0.1) is 10.2 Å². The highest BCUT2D eigenvalue weighted by Crippen LogP contribution is 2.33. The maximum absolute atomic E-state index is 13.4. The normalized spacial score (nSPS) is 13.5. The van der Waals surface area contributed by atoms with Gasteiger partial charge < -0.3 is 4.90 Å². The second kappa shape index (κ2) is 6.62. The van der Waals surface area contributed by atoms with Gasteiger partial charge in [0.25, 0.3) is 10.0 Å². The van der Waals surface area contributed by atoms with Crippen LogP contribution >= 0.6 is 0 Å². The zero-order valence-electron chi connectivity index (χ0n) is 14.6. The highest BCUT2D eigenvalue weighted by molar-refractivity contribution is 7.92. The van der Waals surface area contributed by atoms with E-state index >= 15 is 0 Å². The third-order valence-corrected chi connectivity index (χ3v) is 5.85. The Morgan fingerprint density at radius 2 is 1.89 bits per heavy atom. The van der Waals surface area contributed by atoms with E-state index in [1.807, 2.05) is 23.1 Å². The van der Waals surface area contributed by atoms with Crippen LogP contribution in [0.1, 0.15) is 11.1 Å². The monoisotopic (exact) mass is 384 g/mol. The maximum atomic E-state index is 13.4. The van der Waals surface area contributed by atoms with Gasteiger partial charge >= 0.3 is 0 Å². The second-order valence-electron chi connectivity index (χ2n) is 6.32. The number of halogens is 1. The van der Waals surface area contributed by atoms with Crippen molar-refractivity contribution in [3.63, 3.8) is 0 Å². The van der Waals surface area contributed by atoms with Crippen LogP contribution in [0.4, 0.5) is 21.7 Å². The molecular weight excluding hydrogens is 367 g/mol. The third-order valence-electron chi connectivity index (χ3n) is 4.49. The topological polar surface area (TPSA) is 75.2 Å².